The minimum atomic E-state index is -0.153. The molecule has 146 valence electrons. The summed E-state index contributed by atoms with van der Waals surface area (Å²) in [5.41, 5.74) is 2.83. The van der Waals surface area contributed by atoms with E-state index < -0.39 is 0 Å². The summed E-state index contributed by atoms with van der Waals surface area (Å²) in [6.07, 6.45) is 7.36. The van der Waals surface area contributed by atoms with E-state index in [9.17, 15) is 4.79 Å². The molecule has 0 spiro atoms. The third kappa shape index (κ3) is 5.39. The predicted octanol–water partition coefficient (Wildman–Crippen LogP) is 5.21. The topological polar surface area (TPSA) is 56.2 Å². The molecule has 1 N–H and O–H groups in total. The molecule has 1 amide bonds. The van der Waals surface area contributed by atoms with Crippen molar-refractivity contribution in [3.05, 3.63) is 66.6 Å². The number of imidazole rings is 1. The highest BCUT2D eigenvalue weighted by Crippen LogP contribution is 2.22. The van der Waals surface area contributed by atoms with Crippen LogP contribution in [0.2, 0.25) is 0 Å². The summed E-state index contributed by atoms with van der Waals surface area (Å²) in [7, 11) is 0. The van der Waals surface area contributed by atoms with Gasteiger partial charge in [0.15, 0.2) is 0 Å². The van der Waals surface area contributed by atoms with Crippen LogP contribution in [0.1, 0.15) is 25.3 Å². The van der Waals surface area contributed by atoms with Crippen LogP contribution in [0.4, 0.5) is 4.79 Å². The Morgan fingerprint density at radius 2 is 1.89 bits per heavy atom. The average molecular weight is 396 g/mol. The number of aromatic nitrogens is 2. The number of carbonyl (C=O) groups excluding carboxylic acids is 1. The van der Waals surface area contributed by atoms with E-state index in [1.165, 1.54) is 9.46 Å². The molecular formula is C22H25N3O2S. The fourth-order valence-electron chi connectivity index (χ4n) is 2.66. The number of ether oxygens (including phenoxy) is 1. The highest BCUT2D eigenvalue weighted by molar-refractivity contribution is 7.98. The number of nitrogens with one attached hydrogen (secondary N) is 1. The van der Waals surface area contributed by atoms with Gasteiger partial charge in [0.05, 0.1) is 5.69 Å². The normalized spacial score (nSPS) is 10.6. The minimum absolute atomic E-state index is 0.153. The molecule has 0 saturated heterocycles. The van der Waals surface area contributed by atoms with Gasteiger partial charge in [0.1, 0.15) is 18.7 Å². The van der Waals surface area contributed by atoms with Crippen LogP contribution in [0.25, 0.3) is 11.3 Å². The Labute approximate surface area is 170 Å². The number of rotatable bonds is 8. The van der Waals surface area contributed by atoms with Crippen LogP contribution >= 0.6 is 11.8 Å². The molecule has 0 aliphatic carbocycles. The Morgan fingerprint density at radius 1 is 1.14 bits per heavy atom. The quantitative estimate of drug-likeness (QED) is 0.420. The first-order chi connectivity index (χ1) is 13.7. The van der Waals surface area contributed by atoms with E-state index >= 15 is 0 Å². The lowest BCUT2D eigenvalue weighted by Gasteiger charge is -2.07. The van der Waals surface area contributed by atoms with Crippen LogP contribution in [0.5, 0.6) is 5.75 Å². The van der Waals surface area contributed by atoms with Crippen molar-refractivity contribution in [2.75, 3.05) is 12.8 Å². The van der Waals surface area contributed by atoms with Crippen LogP contribution in [0.15, 0.2) is 66.0 Å². The molecule has 1 heterocycles. The first-order valence-corrected chi connectivity index (χ1v) is 10.6. The molecule has 0 bridgehead atoms. The Kier molecular flexibility index (Phi) is 7.14. The molecule has 3 rings (SSSR count). The monoisotopic (exact) mass is 395 g/mol. The maximum atomic E-state index is 12.1. The van der Waals surface area contributed by atoms with Gasteiger partial charge in [-0.25, -0.2) is 9.78 Å². The van der Waals surface area contributed by atoms with E-state index in [1.807, 2.05) is 24.3 Å². The Morgan fingerprint density at radius 3 is 2.57 bits per heavy atom. The lowest BCUT2D eigenvalue weighted by molar-refractivity contribution is 0.242. The number of hydrogen-bond acceptors (Lipinski definition) is 4. The van der Waals surface area contributed by atoms with Crippen molar-refractivity contribution in [2.24, 2.45) is 0 Å². The molecule has 5 nitrogen and oxygen atoms in total. The van der Waals surface area contributed by atoms with Crippen LogP contribution in [-0.4, -0.2) is 28.4 Å². The molecule has 0 radical (unpaired) electrons. The summed E-state index contributed by atoms with van der Waals surface area (Å²) < 4.78 is 7.34. The zero-order chi connectivity index (χ0) is 19.8. The molecule has 0 aliphatic heterocycles. The second-order valence-corrected chi connectivity index (χ2v) is 7.29. The third-order valence-electron chi connectivity index (χ3n) is 4.34. The van der Waals surface area contributed by atoms with Crippen LogP contribution in [-0.2, 0) is 6.61 Å². The van der Waals surface area contributed by atoms with Crippen molar-refractivity contribution < 1.29 is 9.53 Å². The van der Waals surface area contributed by atoms with Gasteiger partial charge in [-0.15, -0.1) is 11.8 Å². The van der Waals surface area contributed by atoms with Gasteiger partial charge in [0.25, 0.3) is 0 Å². The van der Waals surface area contributed by atoms with Crippen molar-refractivity contribution in [1.29, 1.82) is 0 Å². The number of amides is 1. The molecule has 0 unspecified atom stereocenters. The second kappa shape index (κ2) is 9.99. The summed E-state index contributed by atoms with van der Waals surface area (Å²) in [5, 5.41) is 2.88. The lowest BCUT2D eigenvalue weighted by atomic mass is 10.1. The Hall–Kier alpha value is -2.73. The van der Waals surface area contributed by atoms with E-state index in [0.29, 0.717) is 13.2 Å². The SMILES string of the molecule is CCCCNC(=O)n1cnc(-c2ccc(OCc3ccc(SC)cc3)cc2)c1. The Bertz CT molecular complexity index is 889. The van der Waals surface area contributed by atoms with E-state index in [1.54, 1.807) is 24.3 Å². The summed E-state index contributed by atoms with van der Waals surface area (Å²) in [5.74, 6) is 0.800. The van der Waals surface area contributed by atoms with E-state index in [2.05, 4.69) is 47.7 Å². The highest BCUT2D eigenvalue weighted by Gasteiger charge is 2.08. The molecule has 0 aliphatic rings. The van der Waals surface area contributed by atoms with Gasteiger partial charge in [0, 0.05) is 23.2 Å². The number of carbonyl (C=O) groups is 1. The zero-order valence-electron chi connectivity index (χ0n) is 16.2. The van der Waals surface area contributed by atoms with Crippen molar-refractivity contribution in [2.45, 2.75) is 31.3 Å². The highest BCUT2D eigenvalue weighted by atomic mass is 32.2. The number of thioether (sulfide) groups is 1. The van der Waals surface area contributed by atoms with Crippen molar-refractivity contribution in [3.8, 4) is 17.0 Å². The minimum Gasteiger partial charge on any atom is -0.489 e. The number of hydrogen-bond donors (Lipinski definition) is 1. The molecule has 6 heteroatoms. The van der Waals surface area contributed by atoms with Crippen molar-refractivity contribution >= 4 is 17.8 Å². The summed E-state index contributed by atoms with van der Waals surface area (Å²) >= 11 is 1.73. The maximum Gasteiger partial charge on any atom is 0.326 e. The van der Waals surface area contributed by atoms with Gasteiger partial charge in [-0.3, -0.25) is 4.57 Å². The molecule has 3 aromatic rings. The summed E-state index contributed by atoms with van der Waals surface area (Å²) in [6.45, 7) is 3.30. The number of benzene rings is 2. The van der Waals surface area contributed by atoms with Gasteiger partial charge < -0.3 is 10.1 Å². The smallest absolute Gasteiger partial charge is 0.326 e. The molecule has 0 saturated carbocycles. The van der Waals surface area contributed by atoms with Gasteiger partial charge in [-0.05, 0) is 54.6 Å². The van der Waals surface area contributed by atoms with E-state index in [-0.39, 0.29) is 6.03 Å². The van der Waals surface area contributed by atoms with Crippen molar-refractivity contribution in [1.82, 2.24) is 14.9 Å². The standard InChI is InChI=1S/C22H25N3O2S/c1-3-4-13-23-22(26)25-14-21(24-16-25)18-7-9-19(10-8-18)27-15-17-5-11-20(28-2)12-6-17/h5-12,14,16H,3-4,13,15H2,1-2H3,(H,23,26). The average Bonchev–Trinajstić information content (AvgIpc) is 3.23. The van der Waals surface area contributed by atoms with Crippen LogP contribution in [0.3, 0.4) is 0 Å². The van der Waals surface area contributed by atoms with Crippen molar-refractivity contribution in [3.63, 3.8) is 0 Å². The summed E-state index contributed by atoms with van der Waals surface area (Å²) in [4.78, 5) is 17.6. The van der Waals surface area contributed by atoms with E-state index in [4.69, 9.17) is 4.74 Å². The first-order valence-electron chi connectivity index (χ1n) is 9.38. The molecule has 0 atom stereocenters. The largest absolute Gasteiger partial charge is 0.489 e. The zero-order valence-corrected chi connectivity index (χ0v) is 17.0. The van der Waals surface area contributed by atoms with Gasteiger partial charge in [0.2, 0.25) is 0 Å². The fraction of sp³-hybridized carbons (Fsp3) is 0.273. The van der Waals surface area contributed by atoms with Crippen LogP contribution < -0.4 is 10.1 Å². The molecular weight excluding hydrogens is 370 g/mol. The van der Waals surface area contributed by atoms with Crippen LogP contribution in [0, 0.1) is 0 Å². The first kappa shape index (κ1) is 20.0. The van der Waals surface area contributed by atoms with E-state index in [0.717, 1.165) is 35.4 Å². The van der Waals surface area contributed by atoms with Gasteiger partial charge >= 0.3 is 6.03 Å². The fourth-order valence-corrected chi connectivity index (χ4v) is 3.06. The number of nitrogens with zero attached hydrogens (tertiary/aromatic N) is 2. The number of unbranched alkanes of at least 4 members (excludes halogenated alkanes) is 1. The van der Waals surface area contributed by atoms with Gasteiger partial charge in [-0.2, -0.15) is 0 Å². The summed E-state index contributed by atoms with van der Waals surface area (Å²) in [6, 6.07) is 16.0. The Balaban J connectivity index is 1.57. The molecule has 0 fully saturated rings. The lowest BCUT2D eigenvalue weighted by Crippen LogP contribution is -2.28. The third-order valence-corrected chi connectivity index (χ3v) is 5.08. The second-order valence-electron chi connectivity index (χ2n) is 6.41. The molecule has 2 aromatic carbocycles. The maximum absolute atomic E-state index is 12.1. The molecule has 1 aromatic heterocycles. The predicted molar refractivity (Wildman–Crippen MR) is 114 cm³/mol. The molecule has 28 heavy (non-hydrogen) atoms. The van der Waals surface area contributed by atoms with Gasteiger partial charge in [-0.1, -0.05) is 25.5 Å².